The molecule has 0 radical (unpaired) electrons. The Morgan fingerprint density at radius 2 is 2.33 bits per heavy atom. The van der Waals surface area contributed by atoms with Gasteiger partial charge in [0.2, 0.25) is 0 Å². The van der Waals surface area contributed by atoms with Crippen molar-refractivity contribution in [1.82, 2.24) is 19.7 Å². The molecule has 2 heterocycles. The zero-order chi connectivity index (χ0) is 10.8. The molecule has 0 saturated heterocycles. The van der Waals surface area contributed by atoms with Crippen molar-refractivity contribution in [2.24, 2.45) is 7.05 Å². The molecular weight excluding hydrogens is 252 g/mol. The molecule has 0 bridgehead atoms. The smallest absolute Gasteiger partial charge is 0.191 e. The Morgan fingerprint density at radius 1 is 1.53 bits per heavy atom. The molecule has 2 aromatic heterocycles. The van der Waals surface area contributed by atoms with Gasteiger partial charge in [0, 0.05) is 23.9 Å². The van der Waals surface area contributed by atoms with Gasteiger partial charge >= 0.3 is 0 Å². The van der Waals surface area contributed by atoms with E-state index in [1.165, 1.54) is 11.3 Å². The summed E-state index contributed by atoms with van der Waals surface area (Å²) in [4.78, 5) is 5.13. The fourth-order valence-electron chi connectivity index (χ4n) is 0.999. The van der Waals surface area contributed by atoms with E-state index < -0.39 is 0 Å². The quantitative estimate of drug-likeness (QED) is 0.796. The molecule has 4 nitrogen and oxygen atoms in total. The highest BCUT2D eigenvalue weighted by molar-refractivity contribution is 7.98. The lowest BCUT2D eigenvalue weighted by atomic mass is 10.6. The first-order valence-electron chi connectivity index (χ1n) is 4.26. The first-order chi connectivity index (χ1) is 7.16. The number of hydrogen-bond acceptors (Lipinski definition) is 5. The number of nitrogens with zero attached hydrogens (tertiary/aromatic N) is 4. The molecule has 0 atom stereocenters. The lowest BCUT2D eigenvalue weighted by molar-refractivity contribution is 0.765. The third-order valence-electron chi connectivity index (χ3n) is 1.92. The first-order valence-corrected chi connectivity index (χ1v) is 6.44. The Labute approximate surface area is 101 Å². The lowest BCUT2D eigenvalue weighted by Gasteiger charge is -1.98. The molecule has 0 N–H and O–H groups in total. The maximum absolute atomic E-state index is 5.74. The summed E-state index contributed by atoms with van der Waals surface area (Å²) in [6.45, 7) is 1.93. The van der Waals surface area contributed by atoms with Crippen LogP contribution >= 0.6 is 34.7 Å². The maximum atomic E-state index is 5.74. The van der Waals surface area contributed by atoms with Crippen LogP contribution < -0.4 is 0 Å². The molecule has 2 rings (SSSR count). The van der Waals surface area contributed by atoms with Gasteiger partial charge in [-0.2, -0.15) is 0 Å². The van der Waals surface area contributed by atoms with Crippen LogP contribution in [0.5, 0.6) is 0 Å². The molecule has 2 aromatic rings. The molecule has 0 aliphatic heterocycles. The number of aryl methyl sites for hydroxylation is 1. The van der Waals surface area contributed by atoms with Crippen molar-refractivity contribution in [2.45, 2.75) is 17.8 Å². The summed E-state index contributed by atoms with van der Waals surface area (Å²) in [6, 6.07) is 0. The van der Waals surface area contributed by atoms with Gasteiger partial charge in [-0.15, -0.1) is 21.5 Å². The molecule has 0 aliphatic carbocycles. The summed E-state index contributed by atoms with van der Waals surface area (Å²) in [6.07, 6.45) is 1.79. The van der Waals surface area contributed by atoms with E-state index in [1.807, 2.05) is 18.5 Å². The van der Waals surface area contributed by atoms with Crippen LogP contribution in [0.1, 0.15) is 10.7 Å². The molecule has 0 amide bonds. The average Bonchev–Trinajstić information content (AvgIpc) is 2.74. The molecule has 80 valence electrons. The third-order valence-corrected chi connectivity index (χ3v) is 4.29. The Hall–Kier alpha value is -0.590. The Bertz CT molecular complexity index is 465. The van der Waals surface area contributed by atoms with Gasteiger partial charge in [-0.25, -0.2) is 4.98 Å². The standard InChI is InChI=1S/C8H9ClN4S2/c1-5-11-12-8(13(5)2)14-4-6-3-10-7(9)15-6/h3H,4H2,1-2H3. The van der Waals surface area contributed by atoms with Crippen LogP contribution in [-0.4, -0.2) is 19.7 Å². The summed E-state index contributed by atoms with van der Waals surface area (Å²) in [5.41, 5.74) is 0. The van der Waals surface area contributed by atoms with Crippen molar-refractivity contribution in [2.75, 3.05) is 0 Å². The second-order valence-corrected chi connectivity index (χ2v) is 5.60. The van der Waals surface area contributed by atoms with E-state index in [1.54, 1.807) is 18.0 Å². The number of thiazole rings is 1. The van der Waals surface area contributed by atoms with Gasteiger partial charge in [0.25, 0.3) is 0 Å². The monoisotopic (exact) mass is 260 g/mol. The second kappa shape index (κ2) is 4.51. The van der Waals surface area contributed by atoms with Crippen LogP contribution in [0.25, 0.3) is 0 Å². The zero-order valence-corrected chi connectivity index (χ0v) is 10.7. The number of hydrogen-bond donors (Lipinski definition) is 0. The number of thioether (sulfide) groups is 1. The van der Waals surface area contributed by atoms with Gasteiger partial charge in [-0.3, -0.25) is 0 Å². The summed E-state index contributed by atoms with van der Waals surface area (Å²) in [5, 5.41) is 8.97. The minimum Gasteiger partial charge on any atom is -0.309 e. The van der Waals surface area contributed by atoms with Gasteiger partial charge in [-0.1, -0.05) is 23.4 Å². The third kappa shape index (κ3) is 2.50. The maximum Gasteiger partial charge on any atom is 0.191 e. The molecule has 0 aliphatic rings. The average molecular weight is 261 g/mol. The summed E-state index contributed by atoms with van der Waals surface area (Å²) in [5.74, 6) is 1.75. The van der Waals surface area contributed by atoms with Crippen LogP contribution in [0.15, 0.2) is 11.4 Å². The zero-order valence-electron chi connectivity index (χ0n) is 8.27. The molecule has 0 fully saturated rings. The fraction of sp³-hybridized carbons (Fsp3) is 0.375. The number of rotatable bonds is 3. The van der Waals surface area contributed by atoms with Crippen LogP contribution in [-0.2, 0) is 12.8 Å². The Balaban J connectivity index is 2.02. The minimum absolute atomic E-state index is 0.583. The predicted octanol–water partition coefficient (Wildman–Crippen LogP) is 2.53. The van der Waals surface area contributed by atoms with E-state index >= 15 is 0 Å². The lowest BCUT2D eigenvalue weighted by Crippen LogP contribution is -1.93. The highest BCUT2D eigenvalue weighted by Gasteiger charge is 2.07. The Kier molecular flexibility index (Phi) is 3.28. The van der Waals surface area contributed by atoms with E-state index in [0.29, 0.717) is 4.47 Å². The van der Waals surface area contributed by atoms with Crippen LogP contribution in [0.2, 0.25) is 4.47 Å². The topological polar surface area (TPSA) is 43.6 Å². The van der Waals surface area contributed by atoms with Crippen molar-refractivity contribution in [3.63, 3.8) is 0 Å². The highest BCUT2D eigenvalue weighted by atomic mass is 35.5. The highest BCUT2D eigenvalue weighted by Crippen LogP contribution is 2.26. The van der Waals surface area contributed by atoms with Crippen LogP contribution in [0.4, 0.5) is 0 Å². The molecule has 0 aromatic carbocycles. The van der Waals surface area contributed by atoms with Gasteiger partial charge < -0.3 is 4.57 Å². The second-order valence-electron chi connectivity index (χ2n) is 2.96. The van der Waals surface area contributed by atoms with E-state index in [0.717, 1.165) is 21.6 Å². The van der Waals surface area contributed by atoms with Crippen molar-refractivity contribution in [1.29, 1.82) is 0 Å². The van der Waals surface area contributed by atoms with E-state index in [9.17, 15) is 0 Å². The van der Waals surface area contributed by atoms with Crippen molar-refractivity contribution in [3.05, 3.63) is 21.4 Å². The van der Waals surface area contributed by atoms with Gasteiger partial charge in [0.05, 0.1) is 0 Å². The van der Waals surface area contributed by atoms with E-state index in [-0.39, 0.29) is 0 Å². The number of aromatic nitrogens is 4. The summed E-state index contributed by atoms with van der Waals surface area (Å²) in [7, 11) is 1.96. The minimum atomic E-state index is 0.583. The van der Waals surface area contributed by atoms with Gasteiger partial charge in [0.15, 0.2) is 9.62 Å². The van der Waals surface area contributed by atoms with E-state index in [2.05, 4.69) is 15.2 Å². The van der Waals surface area contributed by atoms with Gasteiger partial charge in [0.1, 0.15) is 5.82 Å². The summed E-state index contributed by atoms with van der Waals surface area (Å²) < 4.78 is 2.55. The van der Waals surface area contributed by atoms with Crippen molar-refractivity contribution >= 4 is 34.7 Å². The molecule has 0 saturated carbocycles. The summed E-state index contributed by atoms with van der Waals surface area (Å²) >= 11 is 8.87. The van der Waals surface area contributed by atoms with Crippen LogP contribution in [0, 0.1) is 6.92 Å². The molecule has 0 spiro atoms. The largest absolute Gasteiger partial charge is 0.309 e. The van der Waals surface area contributed by atoms with Gasteiger partial charge in [-0.05, 0) is 6.92 Å². The number of halogens is 1. The molecular formula is C8H9ClN4S2. The molecule has 7 heteroatoms. The molecule has 0 unspecified atom stereocenters. The first kappa shape index (κ1) is 10.9. The fourth-order valence-corrected chi connectivity index (χ4v) is 2.96. The van der Waals surface area contributed by atoms with E-state index in [4.69, 9.17) is 11.6 Å². The normalized spacial score (nSPS) is 10.9. The SMILES string of the molecule is Cc1nnc(SCc2cnc(Cl)s2)n1C. The van der Waals surface area contributed by atoms with Crippen molar-refractivity contribution in [3.8, 4) is 0 Å². The predicted molar refractivity (Wildman–Crippen MR) is 62.4 cm³/mol. The molecule has 15 heavy (non-hydrogen) atoms. The van der Waals surface area contributed by atoms with Crippen LogP contribution in [0.3, 0.4) is 0 Å². The van der Waals surface area contributed by atoms with Crippen molar-refractivity contribution < 1.29 is 0 Å². The Morgan fingerprint density at radius 3 is 2.87 bits per heavy atom.